The van der Waals surface area contributed by atoms with Crippen molar-refractivity contribution in [2.45, 2.75) is 30.6 Å². The molecule has 0 aromatic carbocycles. The number of carboxylic acids is 1. The average molecular weight is 453 g/mol. The highest BCUT2D eigenvalue weighted by molar-refractivity contribution is 7.89. The molecule has 14 heteroatoms. The number of carbonyl (C=O) groups is 1. The molecule has 0 saturated carbocycles. The molecule has 30 heavy (non-hydrogen) atoms. The Bertz CT molecular complexity index is 986. The van der Waals surface area contributed by atoms with E-state index in [9.17, 15) is 21.6 Å². The first-order valence-electron chi connectivity index (χ1n) is 8.74. The zero-order valence-corrected chi connectivity index (χ0v) is 17.3. The molecule has 1 atom stereocenters. The lowest BCUT2D eigenvalue weighted by Gasteiger charge is -2.31. The minimum Gasteiger partial charge on any atom is -0.475 e. The molecule has 3 rings (SSSR count). The maximum Gasteiger partial charge on any atom is 0.490 e. The molecule has 0 fully saturated rings. The molecule has 168 valence electrons. The lowest BCUT2D eigenvalue weighted by molar-refractivity contribution is -0.192. The van der Waals surface area contributed by atoms with Crippen LogP contribution < -0.4 is 0 Å². The number of ether oxygens (including phenoxy) is 1. The van der Waals surface area contributed by atoms with Crippen LogP contribution in [0.1, 0.15) is 24.1 Å². The van der Waals surface area contributed by atoms with Crippen LogP contribution >= 0.6 is 0 Å². The number of aryl methyl sites for hydroxylation is 2. The van der Waals surface area contributed by atoms with Crippen molar-refractivity contribution in [2.75, 3.05) is 19.8 Å². The Balaban J connectivity index is 0.000000396. The largest absolute Gasteiger partial charge is 0.490 e. The lowest BCUT2D eigenvalue weighted by Crippen LogP contribution is -2.40. The summed E-state index contributed by atoms with van der Waals surface area (Å²) < 4.78 is 67.8. The van der Waals surface area contributed by atoms with Gasteiger partial charge in [0.15, 0.2) is 5.03 Å². The second-order valence-corrected chi connectivity index (χ2v) is 8.39. The van der Waals surface area contributed by atoms with Crippen molar-refractivity contribution in [3.05, 3.63) is 30.0 Å². The van der Waals surface area contributed by atoms with E-state index < -0.39 is 22.2 Å². The second-order valence-electron chi connectivity index (χ2n) is 6.50. The number of rotatable bonds is 5. The molecule has 0 bridgehead atoms. The molecule has 0 spiro atoms. The number of alkyl halides is 3. The predicted molar refractivity (Wildman–Crippen MR) is 96.9 cm³/mol. The van der Waals surface area contributed by atoms with Gasteiger partial charge in [-0.1, -0.05) is 0 Å². The number of sulfonamides is 1. The van der Waals surface area contributed by atoms with Gasteiger partial charge in [0, 0.05) is 44.9 Å². The quantitative estimate of drug-likeness (QED) is 0.720. The predicted octanol–water partition coefficient (Wildman–Crippen LogP) is 1.11. The van der Waals surface area contributed by atoms with E-state index >= 15 is 0 Å². The van der Waals surface area contributed by atoms with Crippen molar-refractivity contribution in [1.82, 2.24) is 23.6 Å². The summed E-state index contributed by atoms with van der Waals surface area (Å²) in [7, 11) is -0.0556. The van der Waals surface area contributed by atoms with Crippen LogP contribution in [0.2, 0.25) is 0 Å². The third-order valence-corrected chi connectivity index (χ3v) is 6.03. The van der Waals surface area contributed by atoms with E-state index in [0.29, 0.717) is 26.3 Å². The van der Waals surface area contributed by atoms with E-state index in [4.69, 9.17) is 14.6 Å². The van der Waals surface area contributed by atoms with Crippen molar-refractivity contribution >= 4 is 16.0 Å². The highest BCUT2D eigenvalue weighted by Gasteiger charge is 2.38. The highest BCUT2D eigenvalue weighted by Crippen LogP contribution is 2.31. The molecule has 1 aliphatic heterocycles. The fourth-order valence-corrected chi connectivity index (χ4v) is 4.24. The van der Waals surface area contributed by atoms with Crippen molar-refractivity contribution < 1.29 is 36.2 Å². The maximum absolute atomic E-state index is 12.8. The van der Waals surface area contributed by atoms with Crippen LogP contribution in [0.25, 0.3) is 0 Å². The Morgan fingerprint density at radius 3 is 2.50 bits per heavy atom. The van der Waals surface area contributed by atoms with Gasteiger partial charge in [0.05, 0.1) is 31.4 Å². The van der Waals surface area contributed by atoms with Crippen molar-refractivity contribution in [1.29, 1.82) is 0 Å². The van der Waals surface area contributed by atoms with Crippen LogP contribution in [0.15, 0.2) is 23.7 Å². The van der Waals surface area contributed by atoms with E-state index in [1.807, 2.05) is 20.2 Å². The lowest BCUT2D eigenvalue weighted by atomic mass is 9.97. The van der Waals surface area contributed by atoms with Crippen molar-refractivity contribution in [3.8, 4) is 0 Å². The summed E-state index contributed by atoms with van der Waals surface area (Å²) in [5.41, 5.74) is 1.97. The number of aromatic nitrogens is 4. The van der Waals surface area contributed by atoms with Gasteiger partial charge in [-0.3, -0.25) is 4.68 Å². The fraction of sp³-hybridized carbons (Fsp3) is 0.562. The van der Waals surface area contributed by atoms with E-state index in [0.717, 1.165) is 11.3 Å². The number of halogens is 3. The molecular weight excluding hydrogens is 431 g/mol. The second kappa shape index (κ2) is 9.14. The minimum atomic E-state index is -5.08. The zero-order chi connectivity index (χ0) is 22.7. The van der Waals surface area contributed by atoms with Gasteiger partial charge in [-0.25, -0.2) is 18.2 Å². The number of hydrogen-bond acceptors (Lipinski definition) is 6. The Hall–Kier alpha value is -2.45. The van der Waals surface area contributed by atoms with Crippen LogP contribution in [0, 0.1) is 0 Å². The monoisotopic (exact) mass is 453 g/mol. The molecule has 3 heterocycles. The summed E-state index contributed by atoms with van der Waals surface area (Å²) in [4.78, 5) is 12.9. The Morgan fingerprint density at radius 2 is 2.00 bits per heavy atom. The molecule has 2 aromatic heterocycles. The number of carboxylic acid groups (broad SMARTS) is 1. The van der Waals surface area contributed by atoms with Gasteiger partial charge in [-0.05, 0) is 6.92 Å². The molecule has 0 saturated heterocycles. The van der Waals surface area contributed by atoms with Crippen molar-refractivity contribution in [2.24, 2.45) is 14.1 Å². The molecule has 2 aromatic rings. The first kappa shape index (κ1) is 23.8. The summed E-state index contributed by atoms with van der Waals surface area (Å²) in [5, 5.41) is 11.5. The first-order valence-corrected chi connectivity index (χ1v) is 10.2. The van der Waals surface area contributed by atoms with Gasteiger partial charge >= 0.3 is 12.1 Å². The van der Waals surface area contributed by atoms with E-state index in [1.54, 1.807) is 16.3 Å². The fourth-order valence-electron chi connectivity index (χ4n) is 2.83. The summed E-state index contributed by atoms with van der Waals surface area (Å²) in [6, 6.07) is 0. The molecule has 0 aliphatic carbocycles. The number of imidazole rings is 1. The summed E-state index contributed by atoms with van der Waals surface area (Å²) in [6.07, 6.45) is -0.264. The van der Waals surface area contributed by atoms with Gasteiger partial charge in [-0.2, -0.15) is 22.6 Å². The number of fused-ring (bicyclic) bond motifs is 1. The molecule has 0 amide bonds. The van der Waals surface area contributed by atoms with Gasteiger partial charge < -0.3 is 14.4 Å². The molecule has 1 aliphatic rings. The van der Waals surface area contributed by atoms with E-state index in [1.165, 1.54) is 16.8 Å². The number of nitrogens with zero attached hydrogens (tertiary/aromatic N) is 5. The van der Waals surface area contributed by atoms with Crippen molar-refractivity contribution in [3.63, 3.8) is 0 Å². The summed E-state index contributed by atoms with van der Waals surface area (Å²) in [5.74, 6) is -2.78. The Labute approximate surface area is 170 Å². The molecular formula is C16H22F3N5O5S. The smallest absolute Gasteiger partial charge is 0.475 e. The molecule has 10 nitrogen and oxygen atoms in total. The molecule has 0 radical (unpaired) electrons. The first-order chi connectivity index (χ1) is 13.9. The van der Waals surface area contributed by atoms with Crippen LogP contribution in [0.4, 0.5) is 13.2 Å². The standard InChI is InChI=1S/C14H21N5O3S.C2HF3O2/c1-4-22-9-11-6-19(7-13-12(11)5-16-18(13)3)23(20,21)14-8-17(2)10-15-14;3-2(4,5)1(6)7/h5,8,10-11H,4,6-7,9H2,1-3H3;(H,6,7). The highest BCUT2D eigenvalue weighted by atomic mass is 32.2. The minimum absolute atomic E-state index is 0.0223. The van der Waals surface area contributed by atoms with Crippen LogP contribution in [-0.4, -0.2) is 69.1 Å². The Morgan fingerprint density at radius 1 is 1.37 bits per heavy atom. The van der Waals surface area contributed by atoms with E-state index in [-0.39, 0.29) is 10.9 Å². The van der Waals surface area contributed by atoms with Crippen LogP contribution in [-0.2, 0) is 40.2 Å². The van der Waals surface area contributed by atoms with Crippen LogP contribution in [0.5, 0.6) is 0 Å². The summed E-state index contributed by atoms with van der Waals surface area (Å²) in [6.45, 7) is 3.67. The number of aliphatic carboxylic acids is 1. The van der Waals surface area contributed by atoms with Gasteiger partial charge in [0.1, 0.15) is 0 Å². The average Bonchev–Trinajstić information content (AvgIpc) is 3.26. The zero-order valence-electron chi connectivity index (χ0n) is 16.5. The Kier molecular flexibility index (Phi) is 7.26. The molecule has 1 N–H and O–H groups in total. The SMILES string of the molecule is CCOCC1CN(S(=O)(=O)c2cn(C)cn2)Cc2c1cnn2C.O=C(O)C(F)(F)F. The number of hydrogen-bond donors (Lipinski definition) is 1. The van der Waals surface area contributed by atoms with Gasteiger partial charge in [0.2, 0.25) is 0 Å². The third-order valence-electron chi connectivity index (χ3n) is 4.33. The maximum atomic E-state index is 12.8. The normalized spacial score (nSPS) is 17.2. The third kappa shape index (κ3) is 5.37. The van der Waals surface area contributed by atoms with E-state index in [2.05, 4.69) is 10.1 Å². The topological polar surface area (TPSA) is 120 Å². The van der Waals surface area contributed by atoms with Crippen LogP contribution in [0.3, 0.4) is 0 Å². The molecule has 1 unspecified atom stereocenters. The summed E-state index contributed by atoms with van der Waals surface area (Å²) >= 11 is 0. The van der Waals surface area contributed by atoms with Gasteiger partial charge in [0.25, 0.3) is 10.0 Å². The van der Waals surface area contributed by atoms with Gasteiger partial charge in [-0.15, -0.1) is 0 Å².